The van der Waals surface area contributed by atoms with Gasteiger partial charge < -0.3 is 76.5 Å². The van der Waals surface area contributed by atoms with E-state index >= 15 is 28.4 Å². The SMILES string of the molecule is Cc1ccc(C[C@@H]2NC(=O)[C@H]([C@@H](C)O)NC(=O)[C@@H]3[C@@H]4CCN3C(=O)[C@@H]3Cc5cn(c6ccc(F)cc56)C/C=C/CC[C@@H](NC(=O)CCC(=O)N[C@@H](C)C(=O)N[C@H](CCC(=O)CCCCC[N+](C)(C)C)CN[C@@H](Cc5cccc(c5)CNC(=O)CO4)C(=O)N3)c3ccc(cc3)CCNC(=O)[C@]3(C)CCCN3C2=O)cc1. The predicted octanol–water partition coefficient (Wildman–Crippen LogP) is 4.17. The number of aryl methyl sites for hydroxylation is 1. The molecule has 0 aliphatic carbocycles. The van der Waals surface area contributed by atoms with Crippen molar-refractivity contribution in [2.45, 2.75) is 216 Å². The number of benzene rings is 4. The lowest BCUT2D eigenvalue weighted by molar-refractivity contribution is -0.870. The van der Waals surface area contributed by atoms with Crippen LogP contribution in [0.3, 0.4) is 0 Å². The molecule has 0 unspecified atom stereocenters. The van der Waals surface area contributed by atoms with Crippen LogP contribution in [0.4, 0.5) is 4.39 Å². The number of quaternary nitrogens is 1. The maximum atomic E-state index is 16.2. The first-order valence-corrected chi connectivity index (χ1v) is 38.5. The number of fused-ring (bicyclic) bond motifs is 16. The van der Waals surface area contributed by atoms with Crippen molar-refractivity contribution >= 4 is 75.8 Å². The number of aromatic nitrogens is 1. The van der Waals surface area contributed by atoms with Gasteiger partial charge >= 0.3 is 0 Å². The fourth-order valence-corrected chi connectivity index (χ4v) is 15.2. The topological polar surface area (TPSA) is 337 Å². The van der Waals surface area contributed by atoms with Crippen LogP contribution in [0.5, 0.6) is 0 Å². The van der Waals surface area contributed by atoms with Gasteiger partial charge in [-0.25, -0.2) is 4.39 Å². The number of unbranched alkanes of at least 4 members (excludes halogenated alkanes) is 2. The summed E-state index contributed by atoms with van der Waals surface area (Å²) < 4.78 is 24.8. The van der Waals surface area contributed by atoms with Gasteiger partial charge in [-0.2, -0.15) is 0 Å². The zero-order valence-corrected chi connectivity index (χ0v) is 63.9. The van der Waals surface area contributed by atoms with Crippen molar-refractivity contribution in [1.82, 2.24) is 62.2 Å². The van der Waals surface area contributed by atoms with Crippen LogP contribution in [-0.2, 0) is 96.2 Å². The second-order valence-corrected chi connectivity index (χ2v) is 31.3. The van der Waals surface area contributed by atoms with Crippen LogP contribution in [0.25, 0.3) is 10.9 Å². The van der Waals surface area contributed by atoms with Crippen molar-refractivity contribution in [3.8, 4) is 0 Å². The van der Waals surface area contributed by atoms with Gasteiger partial charge in [0.2, 0.25) is 59.1 Å². The molecule has 2 fully saturated rings. The number of Topliss-reactive ketones (excluding diaryl/α,β-unsaturated/α-hetero) is 1. The molecule has 6 aliphatic heterocycles. The smallest absolute Gasteiger partial charge is 0.246 e. The maximum Gasteiger partial charge on any atom is 0.246 e. The second kappa shape index (κ2) is 37.6. The molecule has 4 aromatic carbocycles. The standard InChI is InChI=1S/C82H108FN13O13/c1-51-20-22-55(23-21-51)43-66-80(107)95-39-15-36-82(95,4)81(108)84-37-34-54-24-26-58(27-25-54)64-19-11-8-12-38-93-49-59(63-46-60(83)28-31-68(63)93)45-67-79(106)94-40-35-69(74(94)78(105)92-73(53(3)97)77(104)91-66)109-50-72(101)86-47-57-17-14-16-56(42-57)44-65(76(103)90-67)85-48-61(29-30-62(98)18-10-9-13-41-96(5,6)7)88-75(102)52(2)87-70(99)32-33-71(100)89-64/h8,12,14,16-17,20-28,31,42,46,49,52-53,61,64-67,69,73-74,85,97H,9-11,13,15,18-19,29-30,32-41,43-45,47-48,50H2,1-7H3,(H7-,84,86,87,88,89,90,91,92,99,100,101,102,103,104,105,108)/p+1/b12-8+/t52-,53+,61+,64+,65-,66-,67-,69-,73-,74-,82-/m0/s1. The fourth-order valence-electron chi connectivity index (χ4n) is 15.2. The Hall–Kier alpha value is -9.70. The molecular weight excluding hydrogens is 1390 g/mol. The summed E-state index contributed by atoms with van der Waals surface area (Å²) >= 11 is 0. The number of hydrogen-bond acceptors (Lipinski definition) is 14. The van der Waals surface area contributed by atoms with E-state index in [1.807, 2.05) is 72.2 Å². The molecule has 0 radical (unpaired) electrons. The van der Waals surface area contributed by atoms with Crippen molar-refractivity contribution in [3.05, 3.63) is 154 Å². The summed E-state index contributed by atoms with van der Waals surface area (Å²) in [4.78, 5) is 165. The van der Waals surface area contributed by atoms with E-state index in [2.05, 4.69) is 69.0 Å². The summed E-state index contributed by atoms with van der Waals surface area (Å²) in [5.74, 6) is -7.32. The van der Waals surface area contributed by atoms with Crippen LogP contribution in [0.15, 0.2) is 109 Å². The predicted molar refractivity (Wildman–Crippen MR) is 408 cm³/mol. The molecule has 6 aliphatic rings. The van der Waals surface area contributed by atoms with E-state index in [9.17, 15) is 33.9 Å². The Morgan fingerprint density at radius 1 is 0.706 bits per heavy atom. The molecule has 27 heteroatoms. The largest absolute Gasteiger partial charge is 0.391 e. The van der Waals surface area contributed by atoms with Crippen molar-refractivity contribution in [2.75, 3.05) is 60.5 Å². The Balaban J connectivity index is 1.08. The first kappa shape index (κ1) is 81.8. The Morgan fingerprint density at radius 2 is 1.46 bits per heavy atom. The Kier molecular flexibility index (Phi) is 28.2. The first-order chi connectivity index (χ1) is 52.1. The second-order valence-electron chi connectivity index (χ2n) is 31.3. The Morgan fingerprint density at radius 3 is 2.21 bits per heavy atom. The lowest BCUT2D eigenvalue weighted by atomic mass is 9.95. The zero-order valence-electron chi connectivity index (χ0n) is 63.9. The molecule has 7 heterocycles. The Bertz CT molecular complexity index is 4140. The number of halogens is 1. The van der Waals surface area contributed by atoms with E-state index in [0.29, 0.717) is 78.1 Å². The zero-order chi connectivity index (χ0) is 78.1. The van der Waals surface area contributed by atoms with Gasteiger partial charge in [-0.05, 0) is 150 Å². The lowest BCUT2D eigenvalue weighted by Gasteiger charge is -2.37. The molecule has 12 bridgehead atoms. The van der Waals surface area contributed by atoms with E-state index in [4.69, 9.17) is 4.74 Å². The van der Waals surface area contributed by atoms with Gasteiger partial charge in [-0.1, -0.05) is 90.5 Å². The van der Waals surface area contributed by atoms with Gasteiger partial charge in [0, 0.05) is 101 Å². The average molecular weight is 1500 g/mol. The van der Waals surface area contributed by atoms with Crippen LogP contribution < -0.4 is 47.9 Å². The van der Waals surface area contributed by atoms with Gasteiger partial charge in [0.25, 0.3) is 0 Å². The number of carbonyl (C=O) groups is 11. The van der Waals surface area contributed by atoms with E-state index in [0.717, 1.165) is 40.6 Å². The summed E-state index contributed by atoms with van der Waals surface area (Å²) in [6.45, 7) is 6.97. The molecule has 0 spiro atoms. The van der Waals surface area contributed by atoms with Gasteiger partial charge in [0.15, 0.2) is 0 Å². The number of nitrogens with zero attached hydrogens (tertiary/aromatic N) is 4. The van der Waals surface area contributed by atoms with Crippen LogP contribution >= 0.6 is 0 Å². The number of amides is 10. The van der Waals surface area contributed by atoms with Gasteiger partial charge in [-0.15, -0.1) is 0 Å². The Labute approximate surface area is 637 Å². The monoisotopic (exact) mass is 1500 g/mol. The highest BCUT2D eigenvalue weighted by Gasteiger charge is 2.50. The molecule has 2 saturated heterocycles. The quantitative estimate of drug-likeness (QED) is 0.0476. The summed E-state index contributed by atoms with van der Waals surface area (Å²) in [7, 11) is 6.32. The molecule has 0 saturated carbocycles. The number of allylic oxidation sites excluding steroid dienone is 2. The number of ether oxygens (including phenoxy) is 1. The summed E-state index contributed by atoms with van der Waals surface area (Å²) in [6.07, 6.45) is 6.67. The number of rotatable bonds is 12. The number of carbonyl (C=O) groups excluding carboxylic acids is 11. The fraction of sp³-hybridized carbons (Fsp3) is 0.524. The number of aliphatic hydroxyl groups is 1. The molecule has 11 atom stereocenters. The molecule has 5 aromatic rings. The minimum atomic E-state index is -1.80. The van der Waals surface area contributed by atoms with E-state index in [1.165, 1.54) is 35.8 Å². The van der Waals surface area contributed by atoms with E-state index < -0.39 is 138 Å². The third kappa shape index (κ3) is 22.5. The van der Waals surface area contributed by atoms with Crippen molar-refractivity contribution in [2.24, 2.45) is 0 Å². The van der Waals surface area contributed by atoms with E-state index in [1.54, 1.807) is 43.5 Å². The van der Waals surface area contributed by atoms with Gasteiger partial charge in [0.1, 0.15) is 54.0 Å². The molecule has 1 aromatic heterocycles. The summed E-state index contributed by atoms with van der Waals surface area (Å²) in [6, 6.07) is 16.2. The van der Waals surface area contributed by atoms with Gasteiger partial charge in [-0.3, -0.25) is 52.7 Å². The average Bonchev–Trinajstić information content (AvgIpc) is 1.67. The molecule has 586 valence electrons. The number of nitrogens with one attached hydrogen (secondary N) is 9. The van der Waals surface area contributed by atoms with Crippen LogP contribution in [-0.4, -0.2) is 209 Å². The highest BCUT2D eigenvalue weighted by Crippen LogP contribution is 2.32. The van der Waals surface area contributed by atoms with Crippen LogP contribution in [0.1, 0.15) is 149 Å². The molecular formula is C82H109FN13O13+. The number of hydrogen-bond donors (Lipinski definition) is 10. The molecule has 10 amide bonds. The maximum absolute atomic E-state index is 16.2. The highest BCUT2D eigenvalue weighted by atomic mass is 19.1. The summed E-state index contributed by atoms with van der Waals surface area (Å²) in [5.41, 5.74) is 4.08. The number of ketones is 1. The first-order valence-electron chi connectivity index (χ1n) is 38.5. The van der Waals surface area contributed by atoms with Crippen molar-refractivity contribution in [3.63, 3.8) is 0 Å². The third-order valence-electron chi connectivity index (χ3n) is 21.5. The third-order valence-corrected chi connectivity index (χ3v) is 21.5. The highest BCUT2D eigenvalue weighted by molar-refractivity contribution is 5.99. The van der Waals surface area contributed by atoms with Gasteiger partial charge in [0.05, 0.1) is 52.0 Å². The normalized spacial score (nSPS) is 26.0. The van der Waals surface area contributed by atoms with Crippen LogP contribution in [0.2, 0.25) is 0 Å². The number of aliphatic hydroxyl groups excluding tert-OH is 1. The minimum absolute atomic E-state index is 0.00350. The summed E-state index contributed by atoms with van der Waals surface area (Å²) in [5, 5.41) is 38.8. The molecule has 109 heavy (non-hydrogen) atoms. The lowest BCUT2D eigenvalue weighted by Crippen LogP contribution is -2.64. The minimum Gasteiger partial charge on any atom is -0.391 e. The van der Waals surface area contributed by atoms with Crippen molar-refractivity contribution in [1.29, 1.82) is 0 Å². The van der Waals surface area contributed by atoms with Crippen molar-refractivity contribution < 1.29 is 71.5 Å². The molecule has 26 nitrogen and oxygen atoms in total. The molecule has 11 rings (SSSR count). The molecule has 10 N–H and O–H groups in total. The van der Waals surface area contributed by atoms with E-state index in [-0.39, 0.29) is 96.4 Å². The van der Waals surface area contributed by atoms with Crippen LogP contribution in [0, 0.1) is 12.7 Å².